The molecule has 10 aromatic rings. The fraction of sp³-hybridized carbons (Fsp3) is 0.0196. The van der Waals surface area contributed by atoms with Crippen molar-refractivity contribution in [2.45, 2.75) is 0 Å². The summed E-state index contributed by atoms with van der Waals surface area (Å²) >= 11 is 0. The third-order valence-electron chi connectivity index (χ3n) is 11.5. The monoisotopic (exact) mass is 674 g/mol. The predicted molar refractivity (Wildman–Crippen MR) is 221 cm³/mol. The molecule has 2 aromatic heterocycles. The van der Waals surface area contributed by atoms with E-state index in [1.807, 2.05) is 0 Å². The van der Waals surface area contributed by atoms with E-state index < -0.39 is 0 Å². The van der Waals surface area contributed by atoms with Crippen molar-refractivity contribution in [1.29, 1.82) is 0 Å². The first-order valence-electron chi connectivity index (χ1n) is 18.3. The largest absolute Gasteiger partial charge is 0.455 e. The Morgan fingerprint density at radius 3 is 1.70 bits per heavy atom. The summed E-state index contributed by atoms with van der Waals surface area (Å²) in [5, 5.41) is 11.4. The van der Waals surface area contributed by atoms with E-state index in [1.165, 1.54) is 33.0 Å². The standard InChI is InChI=1S/C51H30O2/c1-2-14-33-27-35(22-21-30(33)11-1)43-28-34-15-5-6-16-36(34)46(40-20-10-9-19-39(40)43)47-50-44(41-25-23-31-12-3-7-17-37(31)48(41)52-50)29-45-42-26-24-32-13-4-8-18-38(32)49(42)53-51(45)47/h1-29,34H. The molecule has 2 heteroatoms. The molecule has 1 atom stereocenters. The summed E-state index contributed by atoms with van der Waals surface area (Å²) in [6.07, 6.45) is 11.4. The molecule has 2 heterocycles. The van der Waals surface area contributed by atoms with Crippen molar-refractivity contribution in [3.05, 3.63) is 204 Å². The molecular weight excluding hydrogens is 645 g/mol. The Balaban J connectivity index is 1.24. The summed E-state index contributed by atoms with van der Waals surface area (Å²) < 4.78 is 14.4. The van der Waals surface area contributed by atoms with Crippen molar-refractivity contribution in [2.75, 3.05) is 0 Å². The minimum absolute atomic E-state index is 0.0320. The van der Waals surface area contributed by atoms with Crippen LogP contribution in [0.5, 0.6) is 0 Å². The van der Waals surface area contributed by atoms with Gasteiger partial charge in [-0.15, -0.1) is 0 Å². The van der Waals surface area contributed by atoms with E-state index in [9.17, 15) is 0 Å². The molecule has 0 N–H and O–H groups in total. The minimum Gasteiger partial charge on any atom is -0.455 e. The van der Waals surface area contributed by atoms with Gasteiger partial charge in [0.15, 0.2) is 0 Å². The number of rotatable bonds is 2. The Hall–Kier alpha value is -6.90. The topological polar surface area (TPSA) is 26.3 Å². The molecule has 2 aliphatic carbocycles. The predicted octanol–water partition coefficient (Wildman–Crippen LogP) is 13.9. The normalized spacial score (nSPS) is 15.6. The average Bonchev–Trinajstić information content (AvgIpc) is 3.75. The van der Waals surface area contributed by atoms with Crippen LogP contribution in [0.25, 0.3) is 87.3 Å². The number of benzene rings is 8. The molecule has 0 saturated carbocycles. The molecule has 2 nitrogen and oxygen atoms in total. The third kappa shape index (κ3) is 4.09. The smallest absolute Gasteiger partial charge is 0.147 e. The summed E-state index contributed by atoms with van der Waals surface area (Å²) in [5.74, 6) is 0.0320. The van der Waals surface area contributed by atoms with Crippen molar-refractivity contribution in [2.24, 2.45) is 5.92 Å². The van der Waals surface area contributed by atoms with E-state index in [2.05, 4.69) is 176 Å². The van der Waals surface area contributed by atoms with Crippen LogP contribution < -0.4 is 0 Å². The van der Waals surface area contributed by atoms with Crippen LogP contribution in [0.4, 0.5) is 0 Å². The van der Waals surface area contributed by atoms with Crippen molar-refractivity contribution in [1.82, 2.24) is 0 Å². The Bertz CT molecular complexity index is 3210. The molecule has 0 spiro atoms. The number of hydrogen-bond donors (Lipinski definition) is 0. The highest BCUT2D eigenvalue weighted by molar-refractivity contribution is 6.26. The van der Waals surface area contributed by atoms with E-state index in [0.29, 0.717) is 0 Å². The lowest BCUT2D eigenvalue weighted by Gasteiger charge is -2.19. The Labute approximate surface area is 304 Å². The van der Waals surface area contributed by atoms with E-state index in [1.54, 1.807) is 0 Å². The van der Waals surface area contributed by atoms with Gasteiger partial charge in [0.1, 0.15) is 22.3 Å². The number of fused-ring (bicyclic) bond motifs is 13. The van der Waals surface area contributed by atoms with Gasteiger partial charge in [0.25, 0.3) is 0 Å². The molecular formula is C51H30O2. The maximum atomic E-state index is 7.18. The summed E-state index contributed by atoms with van der Waals surface area (Å²) in [6, 6.07) is 52.5. The van der Waals surface area contributed by atoms with Crippen molar-refractivity contribution in [3.63, 3.8) is 0 Å². The van der Waals surface area contributed by atoms with Crippen LogP contribution in [0.1, 0.15) is 22.3 Å². The lowest BCUT2D eigenvalue weighted by Crippen LogP contribution is -2.03. The lowest BCUT2D eigenvalue weighted by atomic mass is 9.84. The summed E-state index contributed by atoms with van der Waals surface area (Å²) in [4.78, 5) is 0. The molecule has 246 valence electrons. The Morgan fingerprint density at radius 2 is 1.00 bits per heavy atom. The van der Waals surface area contributed by atoms with Crippen molar-refractivity contribution >= 4 is 87.3 Å². The summed E-state index contributed by atoms with van der Waals surface area (Å²) in [5.41, 5.74) is 11.6. The van der Waals surface area contributed by atoms with Gasteiger partial charge in [0.05, 0.1) is 5.56 Å². The fourth-order valence-electron chi connectivity index (χ4n) is 9.02. The van der Waals surface area contributed by atoms with Crippen LogP contribution in [0.3, 0.4) is 0 Å². The second-order valence-electron chi connectivity index (χ2n) is 14.3. The highest BCUT2D eigenvalue weighted by atomic mass is 16.3. The van der Waals surface area contributed by atoms with Crippen LogP contribution in [0, 0.1) is 5.92 Å². The van der Waals surface area contributed by atoms with Crippen LogP contribution in [0.15, 0.2) is 190 Å². The van der Waals surface area contributed by atoms with Gasteiger partial charge < -0.3 is 8.83 Å². The zero-order chi connectivity index (χ0) is 34.6. The first-order valence-corrected chi connectivity index (χ1v) is 18.3. The molecule has 53 heavy (non-hydrogen) atoms. The zero-order valence-corrected chi connectivity index (χ0v) is 28.6. The van der Waals surface area contributed by atoms with Gasteiger partial charge in [-0.05, 0) is 73.6 Å². The van der Waals surface area contributed by atoms with Crippen LogP contribution >= 0.6 is 0 Å². The van der Waals surface area contributed by atoms with Gasteiger partial charge in [0.2, 0.25) is 0 Å². The first kappa shape index (κ1) is 28.8. The number of furan rings is 2. The first-order chi connectivity index (χ1) is 26.3. The van der Waals surface area contributed by atoms with Crippen LogP contribution in [-0.4, -0.2) is 0 Å². The molecule has 2 aliphatic rings. The van der Waals surface area contributed by atoms with Crippen molar-refractivity contribution in [3.8, 4) is 0 Å². The Morgan fingerprint density at radius 1 is 0.415 bits per heavy atom. The quantitative estimate of drug-likeness (QED) is 0.182. The lowest BCUT2D eigenvalue weighted by molar-refractivity contribution is 0.657. The highest BCUT2D eigenvalue weighted by Gasteiger charge is 2.31. The molecule has 1 unspecified atom stereocenters. The summed E-state index contributed by atoms with van der Waals surface area (Å²) in [7, 11) is 0. The molecule has 0 saturated heterocycles. The second kappa shape index (κ2) is 10.8. The summed E-state index contributed by atoms with van der Waals surface area (Å²) in [6.45, 7) is 0. The number of allylic oxidation sites excluding steroid dienone is 6. The molecule has 0 bridgehead atoms. The SMILES string of the molecule is C1=CC2=C(c3c4oc5c6ccccc6ccc5c4cc4c3oc3c5ccccc5ccc43)c3ccccc3C(c3ccc4ccccc4c3)=CC2C=C1. The molecule has 0 aliphatic heterocycles. The molecule has 12 rings (SSSR count). The van der Waals surface area contributed by atoms with Gasteiger partial charge >= 0.3 is 0 Å². The second-order valence-corrected chi connectivity index (χ2v) is 14.3. The average molecular weight is 675 g/mol. The van der Waals surface area contributed by atoms with E-state index >= 15 is 0 Å². The number of hydrogen-bond acceptors (Lipinski definition) is 2. The molecule has 0 amide bonds. The van der Waals surface area contributed by atoms with Crippen molar-refractivity contribution < 1.29 is 8.83 Å². The van der Waals surface area contributed by atoms with Gasteiger partial charge in [-0.2, -0.15) is 0 Å². The minimum atomic E-state index is 0.0320. The zero-order valence-electron chi connectivity index (χ0n) is 28.6. The Kier molecular flexibility index (Phi) is 5.86. The van der Waals surface area contributed by atoms with Crippen LogP contribution in [-0.2, 0) is 0 Å². The van der Waals surface area contributed by atoms with Crippen LogP contribution in [0.2, 0.25) is 0 Å². The van der Waals surface area contributed by atoms with E-state index in [0.717, 1.165) is 82.1 Å². The third-order valence-corrected chi connectivity index (χ3v) is 11.5. The van der Waals surface area contributed by atoms with E-state index in [-0.39, 0.29) is 5.92 Å². The van der Waals surface area contributed by atoms with Gasteiger partial charge in [-0.25, -0.2) is 0 Å². The van der Waals surface area contributed by atoms with E-state index in [4.69, 9.17) is 8.83 Å². The van der Waals surface area contributed by atoms with Gasteiger partial charge in [0, 0.05) is 43.8 Å². The maximum absolute atomic E-state index is 7.18. The van der Waals surface area contributed by atoms with Gasteiger partial charge in [-0.1, -0.05) is 152 Å². The molecule has 8 aromatic carbocycles. The molecule has 0 fully saturated rings. The highest BCUT2D eigenvalue weighted by Crippen LogP contribution is 2.50. The molecule has 0 radical (unpaired) electrons. The fourth-order valence-corrected chi connectivity index (χ4v) is 9.02. The van der Waals surface area contributed by atoms with Gasteiger partial charge in [-0.3, -0.25) is 0 Å². The maximum Gasteiger partial charge on any atom is 0.147 e.